The molecule has 0 amide bonds. The number of pyridine rings is 1. The van der Waals surface area contributed by atoms with E-state index in [1.165, 1.54) is 54.6 Å². The highest BCUT2D eigenvalue weighted by molar-refractivity contribution is 5.84. The highest BCUT2D eigenvalue weighted by Gasteiger charge is 2.34. The second-order valence-corrected chi connectivity index (χ2v) is 20.9. The fourth-order valence-corrected chi connectivity index (χ4v) is 9.47. The fraction of sp³-hybridized carbons (Fsp3) is 0.391. The highest BCUT2D eigenvalue weighted by Crippen LogP contribution is 2.44. The average molecular weight is 959 g/mol. The Balaban J connectivity index is 0.000000170. The molecule has 1 aromatic heterocycles. The standard InChI is InChI=1S/C24H36N.C16H18N2.2C12H16N2/c1-10-23(5,6)20-15-22(19-13-12-17(3)14-18(19)4)25(9)16-21(20)24(7,8)11-2;1-12-8-4-5-9-14(12)18-13(2)17(3)15-10-6-7-11-16(15)18;2*1-10-6-4-5-7-12(10)14-9-8-13(3)11(14)2/h12-16H,10-11H2,1-9H3;4-11,13H,1-3H3;2*4-9,11H,1-3H3/q+1;;;/i;2*3D3;. The third-order valence-electron chi connectivity index (χ3n) is 15.1. The minimum absolute atomic E-state index is 0.170. The topological polar surface area (TPSA) is 23.3 Å². The molecule has 3 aliphatic heterocycles. The third kappa shape index (κ3) is 11.8. The van der Waals surface area contributed by atoms with Crippen molar-refractivity contribution in [2.45, 2.75) is 139 Å². The van der Waals surface area contributed by atoms with E-state index < -0.39 is 14.0 Å². The van der Waals surface area contributed by atoms with Crippen molar-refractivity contribution < 1.29 is 12.8 Å². The molecule has 0 saturated carbocycles. The molecule has 0 aliphatic carbocycles. The van der Waals surface area contributed by atoms with Crippen molar-refractivity contribution in [1.82, 2.24) is 9.80 Å². The molecule has 3 atom stereocenters. The maximum Gasteiger partial charge on any atom is 0.212 e. The maximum absolute atomic E-state index is 7.83. The number of benzene rings is 5. The largest absolute Gasteiger partial charge is 0.359 e. The average Bonchev–Trinajstić information content (AvgIpc) is 4.09. The van der Waals surface area contributed by atoms with Gasteiger partial charge in [-0.15, -0.1) is 0 Å². The molecule has 0 saturated heterocycles. The molecule has 7 heteroatoms. The molecule has 7 nitrogen and oxygen atoms in total. The van der Waals surface area contributed by atoms with Gasteiger partial charge in [0, 0.05) is 88.3 Å². The molecule has 0 spiro atoms. The van der Waals surface area contributed by atoms with Gasteiger partial charge in [0.25, 0.3) is 0 Å². The minimum Gasteiger partial charge on any atom is -0.359 e. The SMILES string of the molecule is CCC(C)(C)c1cc(-c2ccc(C)cc2C)[n+](C)cc1C(C)(C)CC.Cc1ccccc1N1C=CN(C)C1C.[2H]C([2H])([2H])N1C=CN(c2ccccc2C)C1C.[2H]C([2H])([2H])N1c2ccccc2N(c2ccccc2C)C1C. The Morgan fingerprint density at radius 1 is 0.507 bits per heavy atom. The Hall–Kier alpha value is -6.47. The molecule has 5 aromatic carbocycles. The van der Waals surface area contributed by atoms with Crippen molar-refractivity contribution in [1.29, 1.82) is 0 Å². The van der Waals surface area contributed by atoms with Gasteiger partial charge < -0.3 is 29.4 Å². The van der Waals surface area contributed by atoms with Crippen LogP contribution in [-0.4, -0.2) is 49.3 Å². The lowest BCUT2D eigenvalue weighted by Gasteiger charge is -2.32. The number of anilines is 5. The van der Waals surface area contributed by atoms with E-state index in [0.29, 0.717) is 6.17 Å². The first-order valence-electron chi connectivity index (χ1n) is 28.5. The monoisotopic (exact) mass is 959 g/mol. The Labute approximate surface area is 438 Å². The van der Waals surface area contributed by atoms with Crippen molar-refractivity contribution in [2.24, 2.45) is 7.05 Å². The summed E-state index contributed by atoms with van der Waals surface area (Å²) < 4.78 is 48.1. The number of para-hydroxylation sites is 5. The van der Waals surface area contributed by atoms with Crippen LogP contribution in [0.2, 0.25) is 0 Å². The van der Waals surface area contributed by atoms with Crippen LogP contribution >= 0.6 is 0 Å². The molecule has 0 bridgehead atoms. The van der Waals surface area contributed by atoms with Gasteiger partial charge in [0.1, 0.15) is 25.5 Å². The van der Waals surface area contributed by atoms with Crippen molar-refractivity contribution in [2.75, 3.05) is 40.6 Å². The Kier molecular flexibility index (Phi) is 14.6. The summed E-state index contributed by atoms with van der Waals surface area (Å²) in [5.41, 5.74) is 17.3. The van der Waals surface area contributed by atoms with Crippen LogP contribution in [0.15, 0.2) is 152 Å². The summed E-state index contributed by atoms with van der Waals surface area (Å²) in [5.74, 6) is 0. The van der Waals surface area contributed by atoms with E-state index in [4.69, 9.17) is 8.22 Å². The van der Waals surface area contributed by atoms with Crippen LogP contribution in [0.1, 0.15) is 122 Å². The molecule has 376 valence electrons. The Morgan fingerprint density at radius 2 is 0.972 bits per heavy atom. The lowest BCUT2D eigenvalue weighted by molar-refractivity contribution is -0.661. The van der Waals surface area contributed by atoms with Crippen LogP contribution in [0.5, 0.6) is 0 Å². The summed E-state index contributed by atoms with van der Waals surface area (Å²) in [6.07, 6.45) is 12.3. The number of rotatable bonds is 8. The van der Waals surface area contributed by atoms with Crippen LogP contribution in [-0.2, 0) is 17.9 Å². The maximum atomic E-state index is 7.83. The van der Waals surface area contributed by atoms with Gasteiger partial charge in [-0.2, -0.15) is 0 Å². The summed E-state index contributed by atoms with van der Waals surface area (Å²) >= 11 is 0. The summed E-state index contributed by atoms with van der Waals surface area (Å²) in [6.45, 7) is 26.4. The molecular weight excluding hydrogens is 867 g/mol. The summed E-state index contributed by atoms with van der Waals surface area (Å²) in [5, 5.41) is 0. The second-order valence-electron chi connectivity index (χ2n) is 20.9. The number of hydrogen-bond acceptors (Lipinski definition) is 6. The van der Waals surface area contributed by atoms with Crippen LogP contribution in [0.3, 0.4) is 0 Å². The molecule has 4 heterocycles. The predicted octanol–water partition coefficient (Wildman–Crippen LogP) is 15.2. The number of aromatic nitrogens is 1. The zero-order valence-electron chi connectivity index (χ0n) is 51.7. The summed E-state index contributed by atoms with van der Waals surface area (Å²) in [4.78, 5) is 11.5. The molecule has 3 aliphatic rings. The van der Waals surface area contributed by atoms with Gasteiger partial charge in [-0.3, -0.25) is 0 Å². The van der Waals surface area contributed by atoms with Crippen LogP contribution in [0, 0.1) is 34.6 Å². The zero-order chi connectivity index (χ0) is 56.9. The van der Waals surface area contributed by atoms with Crippen LogP contribution in [0.4, 0.5) is 28.4 Å². The van der Waals surface area contributed by atoms with Crippen molar-refractivity contribution in [3.05, 3.63) is 191 Å². The first kappa shape index (κ1) is 45.7. The lowest BCUT2D eigenvalue weighted by Crippen LogP contribution is -2.37. The number of fused-ring (bicyclic) bond motifs is 1. The van der Waals surface area contributed by atoms with Gasteiger partial charge in [-0.05, 0) is 143 Å². The quantitative estimate of drug-likeness (QED) is 0.141. The van der Waals surface area contributed by atoms with Crippen LogP contribution < -0.4 is 24.2 Å². The highest BCUT2D eigenvalue weighted by atomic mass is 15.4. The number of aryl methyl sites for hydroxylation is 6. The van der Waals surface area contributed by atoms with Gasteiger partial charge in [-0.1, -0.05) is 126 Å². The molecule has 71 heavy (non-hydrogen) atoms. The van der Waals surface area contributed by atoms with Gasteiger partial charge in [0.05, 0.1) is 11.4 Å². The zero-order valence-corrected chi connectivity index (χ0v) is 45.7. The van der Waals surface area contributed by atoms with Crippen LogP contribution in [0.25, 0.3) is 11.3 Å². The Morgan fingerprint density at radius 3 is 1.44 bits per heavy atom. The number of hydrogen-bond donors (Lipinski definition) is 0. The first-order valence-corrected chi connectivity index (χ1v) is 25.5. The van der Waals surface area contributed by atoms with E-state index in [0.717, 1.165) is 46.7 Å². The van der Waals surface area contributed by atoms with E-state index in [1.807, 2.05) is 112 Å². The fourth-order valence-electron chi connectivity index (χ4n) is 9.47. The van der Waals surface area contributed by atoms with Crippen molar-refractivity contribution >= 4 is 28.4 Å². The van der Waals surface area contributed by atoms with E-state index >= 15 is 0 Å². The molecular formula is C64H86N7+. The molecule has 0 fully saturated rings. The second kappa shape index (κ2) is 22.7. The summed E-state index contributed by atoms with van der Waals surface area (Å²) in [6, 6.07) is 41.4. The predicted molar refractivity (Wildman–Crippen MR) is 307 cm³/mol. The lowest BCUT2D eigenvalue weighted by atomic mass is 9.71. The van der Waals surface area contributed by atoms with E-state index in [2.05, 4.69) is 170 Å². The normalized spacial score (nSPS) is 18.7. The van der Waals surface area contributed by atoms with Gasteiger partial charge in [-0.25, -0.2) is 4.57 Å². The van der Waals surface area contributed by atoms with Gasteiger partial charge in [0.15, 0.2) is 6.20 Å². The molecule has 9 rings (SSSR count). The Bertz CT molecular complexity index is 3030. The third-order valence-corrected chi connectivity index (χ3v) is 15.1. The van der Waals surface area contributed by atoms with E-state index in [-0.39, 0.29) is 23.2 Å². The van der Waals surface area contributed by atoms with Gasteiger partial charge in [0.2, 0.25) is 5.69 Å². The molecule has 0 N–H and O–H groups in total. The van der Waals surface area contributed by atoms with Crippen molar-refractivity contribution in [3.63, 3.8) is 0 Å². The molecule has 0 radical (unpaired) electrons. The summed E-state index contributed by atoms with van der Waals surface area (Å²) in [7, 11) is 4.28. The number of nitrogens with zero attached hydrogens (tertiary/aromatic N) is 7. The molecule has 3 unspecified atom stereocenters. The van der Waals surface area contributed by atoms with Gasteiger partial charge >= 0.3 is 0 Å². The smallest absolute Gasteiger partial charge is 0.212 e. The van der Waals surface area contributed by atoms with E-state index in [1.54, 1.807) is 6.20 Å². The van der Waals surface area contributed by atoms with E-state index in [9.17, 15) is 0 Å². The minimum atomic E-state index is -2.16. The van der Waals surface area contributed by atoms with Crippen molar-refractivity contribution in [3.8, 4) is 11.3 Å². The molecule has 6 aromatic rings. The first-order chi connectivity index (χ1) is 36.0.